The summed E-state index contributed by atoms with van der Waals surface area (Å²) in [7, 11) is 0. The van der Waals surface area contributed by atoms with Crippen LogP contribution >= 0.6 is 0 Å². The van der Waals surface area contributed by atoms with E-state index in [9.17, 15) is 0 Å². The van der Waals surface area contributed by atoms with E-state index in [1.165, 1.54) is 0 Å². The Hall–Kier alpha value is -1.62. The van der Waals surface area contributed by atoms with Gasteiger partial charge in [-0.3, -0.25) is 0 Å². The summed E-state index contributed by atoms with van der Waals surface area (Å²) in [5.74, 6) is 1.05. The molecule has 1 saturated heterocycles. The summed E-state index contributed by atoms with van der Waals surface area (Å²) >= 11 is 0. The quantitative estimate of drug-likeness (QED) is 0.861. The van der Waals surface area contributed by atoms with Crippen LogP contribution in [0.1, 0.15) is 33.4 Å². The molecule has 1 aliphatic heterocycles. The zero-order chi connectivity index (χ0) is 14.3. The largest absolute Gasteiger partial charge is 0.352 e. The smallest absolute Gasteiger partial charge is 0.154 e. The lowest BCUT2D eigenvalue weighted by Crippen LogP contribution is -2.49. The predicted octanol–water partition coefficient (Wildman–Crippen LogP) is 1.82. The molecule has 0 bridgehead atoms. The standard InChI is InChI=1S/C15H23N5/c1-11-10-19(7-5-16-11)14-12-9-13(15(2,3)4)18-20(12)8-6-17-14/h6,8-9,11,16H,5,7,10H2,1-4H3/t11-/m0/s1. The van der Waals surface area contributed by atoms with Crippen LogP contribution in [0.3, 0.4) is 0 Å². The molecule has 108 valence electrons. The van der Waals surface area contributed by atoms with Crippen molar-refractivity contribution in [1.82, 2.24) is 19.9 Å². The number of piperazine rings is 1. The van der Waals surface area contributed by atoms with Gasteiger partial charge in [-0.2, -0.15) is 5.10 Å². The molecule has 1 fully saturated rings. The van der Waals surface area contributed by atoms with Crippen LogP contribution in [0, 0.1) is 0 Å². The van der Waals surface area contributed by atoms with E-state index in [4.69, 9.17) is 5.10 Å². The number of rotatable bonds is 1. The van der Waals surface area contributed by atoms with E-state index in [2.05, 4.69) is 49.0 Å². The number of aromatic nitrogens is 3. The maximum Gasteiger partial charge on any atom is 0.154 e. The fourth-order valence-electron chi connectivity index (χ4n) is 2.64. The summed E-state index contributed by atoms with van der Waals surface area (Å²) in [6, 6.07) is 2.67. The number of hydrogen-bond acceptors (Lipinski definition) is 4. The van der Waals surface area contributed by atoms with Crippen molar-refractivity contribution in [1.29, 1.82) is 0 Å². The zero-order valence-corrected chi connectivity index (χ0v) is 12.7. The topological polar surface area (TPSA) is 45.5 Å². The Balaban J connectivity index is 2.04. The van der Waals surface area contributed by atoms with Gasteiger partial charge in [0.15, 0.2) is 5.82 Å². The molecule has 20 heavy (non-hydrogen) atoms. The van der Waals surface area contributed by atoms with Crippen molar-refractivity contribution < 1.29 is 0 Å². The normalized spacial score (nSPS) is 20.6. The summed E-state index contributed by atoms with van der Waals surface area (Å²) in [5, 5.41) is 8.16. The molecule has 2 aromatic rings. The van der Waals surface area contributed by atoms with E-state index in [0.717, 1.165) is 36.7 Å². The highest BCUT2D eigenvalue weighted by Gasteiger charge is 2.22. The second-order valence-corrected chi connectivity index (χ2v) is 6.66. The van der Waals surface area contributed by atoms with Gasteiger partial charge in [-0.15, -0.1) is 0 Å². The summed E-state index contributed by atoms with van der Waals surface area (Å²) in [6.45, 7) is 11.8. The van der Waals surface area contributed by atoms with Crippen LogP contribution in [-0.2, 0) is 5.41 Å². The molecule has 0 unspecified atom stereocenters. The summed E-state index contributed by atoms with van der Waals surface area (Å²) in [5.41, 5.74) is 2.27. The van der Waals surface area contributed by atoms with Crippen molar-refractivity contribution in [2.24, 2.45) is 0 Å². The molecule has 0 aliphatic carbocycles. The van der Waals surface area contributed by atoms with Gasteiger partial charge in [0.2, 0.25) is 0 Å². The lowest BCUT2D eigenvalue weighted by molar-refractivity contribution is 0.482. The molecule has 2 aromatic heterocycles. The number of hydrogen-bond donors (Lipinski definition) is 1. The van der Waals surface area contributed by atoms with E-state index in [-0.39, 0.29) is 5.41 Å². The van der Waals surface area contributed by atoms with Crippen LogP contribution in [0.25, 0.3) is 5.52 Å². The minimum absolute atomic E-state index is 0.0556. The molecule has 1 N–H and O–H groups in total. The van der Waals surface area contributed by atoms with E-state index >= 15 is 0 Å². The first kappa shape index (κ1) is 13.4. The zero-order valence-electron chi connectivity index (χ0n) is 12.7. The maximum absolute atomic E-state index is 4.69. The monoisotopic (exact) mass is 273 g/mol. The molecular formula is C15H23N5. The Bertz CT molecular complexity index is 610. The highest BCUT2D eigenvalue weighted by Crippen LogP contribution is 2.26. The van der Waals surface area contributed by atoms with E-state index in [1.807, 2.05) is 16.9 Å². The summed E-state index contributed by atoms with van der Waals surface area (Å²) in [4.78, 5) is 6.95. The second-order valence-electron chi connectivity index (χ2n) is 6.66. The third kappa shape index (κ3) is 2.38. The first-order valence-electron chi connectivity index (χ1n) is 7.28. The van der Waals surface area contributed by atoms with Gasteiger partial charge in [-0.05, 0) is 13.0 Å². The van der Waals surface area contributed by atoms with Gasteiger partial charge in [0, 0.05) is 43.5 Å². The molecule has 0 saturated carbocycles. The van der Waals surface area contributed by atoms with Gasteiger partial charge in [0.25, 0.3) is 0 Å². The van der Waals surface area contributed by atoms with E-state index < -0.39 is 0 Å². The van der Waals surface area contributed by atoms with E-state index in [0.29, 0.717) is 6.04 Å². The van der Waals surface area contributed by atoms with Gasteiger partial charge in [0.1, 0.15) is 5.52 Å². The number of anilines is 1. The van der Waals surface area contributed by atoms with E-state index in [1.54, 1.807) is 0 Å². The van der Waals surface area contributed by atoms with Crippen molar-refractivity contribution in [3.8, 4) is 0 Å². The number of fused-ring (bicyclic) bond motifs is 1. The highest BCUT2D eigenvalue weighted by atomic mass is 15.3. The van der Waals surface area contributed by atoms with Crippen molar-refractivity contribution in [2.75, 3.05) is 24.5 Å². The molecule has 5 heteroatoms. The SMILES string of the molecule is C[C@H]1CN(c2nccn3nc(C(C)(C)C)cc23)CCN1. The average Bonchev–Trinajstić information content (AvgIpc) is 2.82. The lowest BCUT2D eigenvalue weighted by Gasteiger charge is -2.32. The summed E-state index contributed by atoms with van der Waals surface area (Å²) < 4.78 is 1.95. The van der Waals surface area contributed by atoms with Crippen LogP contribution in [0.5, 0.6) is 0 Å². The number of nitrogens with zero attached hydrogens (tertiary/aromatic N) is 4. The van der Waals surface area contributed by atoms with Crippen LogP contribution in [0.15, 0.2) is 18.5 Å². The van der Waals surface area contributed by atoms with Gasteiger partial charge in [0.05, 0.1) is 5.69 Å². The average molecular weight is 273 g/mol. The first-order valence-corrected chi connectivity index (χ1v) is 7.28. The van der Waals surface area contributed by atoms with Crippen LogP contribution in [0.4, 0.5) is 5.82 Å². The summed E-state index contributed by atoms with van der Waals surface area (Å²) in [6.07, 6.45) is 3.77. The molecule has 0 radical (unpaired) electrons. The third-order valence-corrected chi connectivity index (χ3v) is 3.81. The maximum atomic E-state index is 4.69. The molecule has 3 rings (SSSR count). The molecule has 0 spiro atoms. The first-order chi connectivity index (χ1) is 9.45. The molecule has 3 heterocycles. The van der Waals surface area contributed by atoms with Gasteiger partial charge in [-0.25, -0.2) is 9.50 Å². The highest BCUT2D eigenvalue weighted by molar-refractivity contribution is 5.69. The van der Waals surface area contributed by atoms with Crippen molar-refractivity contribution in [3.05, 3.63) is 24.2 Å². The minimum Gasteiger partial charge on any atom is -0.352 e. The van der Waals surface area contributed by atoms with Crippen molar-refractivity contribution >= 4 is 11.3 Å². The lowest BCUT2D eigenvalue weighted by atomic mass is 9.92. The molecule has 0 amide bonds. The Morgan fingerprint density at radius 2 is 2.15 bits per heavy atom. The number of nitrogens with one attached hydrogen (secondary N) is 1. The van der Waals surface area contributed by atoms with Gasteiger partial charge in [-0.1, -0.05) is 20.8 Å². The fourth-order valence-corrected chi connectivity index (χ4v) is 2.64. The molecule has 5 nitrogen and oxygen atoms in total. The van der Waals surface area contributed by atoms with Crippen LogP contribution in [0.2, 0.25) is 0 Å². The van der Waals surface area contributed by atoms with Gasteiger partial charge >= 0.3 is 0 Å². The fraction of sp³-hybridized carbons (Fsp3) is 0.600. The second kappa shape index (κ2) is 4.74. The van der Waals surface area contributed by atoms with Crippen molar-refractivity contribution in [2.45, 2.75) is 39.2 Å². The molecule has 1 atom stereocenters. The molecule has 1 aliphatic rings. The Morgan fingerprint density at radius 3 is 2.85 bits per heavy atom. The minimum atomic E-state index is 0.0556. The Morgan fingerprint density at radius 1 is 1.35 bits per heavy atom. The predicted molar refractivity (Wildman–Crippen MR) is 81.4 cm³/mol. The molecular weight excluding hydrogens is 250 g/mol. The van der Waals surface area contributed by atoms with Gasteiger partial charge < -0.3 is 10.2 Å². The van der Waals surface area contributed by atoms with Crippen LogP contribution < -0.4 is 10.2 Å². The van der Waals surface area contributed by atoms with Crippen molar-refractivity contribution in [3.63, 3.8) is 0 Å². The molecule has 0 aromatic carbocycles. The third-order valence-electron chi connectivity index (χ3n) is 3.81. The van der Waals surface area contributed by atoms with Crippen LogP contribution in [-0.4, -0.2) is 40.3 Å². The Kier molecular flexibility index (Phi) is 3.17. The Labute approximate surface area is 120 Å².